The Balaban J connectivity index is 1.76. The first-order valence-corrected chi connectivity index (χ1v) is 5.46. The van der Waals surface area contributed by atoms with E-state index >= 15 is 0 Å². The summed E-state index contributed by atoms with van der Waals surface area (Å²) in [4.78, 5) is 0. The van der Waals surface area contributed by atoms with Crippen molar-refractivity contribution in [2.75, 3.05) is 13.7 Å². The number of ether oxygens (including phenoxy) is 1. The van der Waals surface area contributed by atoms with Gasteiger partial charge < -0.3 is 9.84 Å². The average Bonchev–Trinajstić information content (AvgIpc) is 2.81. The van der Waals surface area contributed by atoms with E-state index in [4.69, 9.17) is 4.74 Å². The zero-order chi connectivity index (χ0) is 9.26. The molecule has 0 aromatic rings. The monoisotopic (exact) mass is 184 g/mol. The number of rotatable bonds is 4. The molecule has 76 valence electrons. The van der Waals surface area contributed by atoms with Crippen LogP contribution in [0.25, 0.3) is 0 Å². The highest BCUT2D eigenvalue weighted by atomic mass is 16.5. The first-order chi connectivity index (χ1) is 6.29. The van der Waals surface area contributed by atoms with Crippen LogP contribution in [-0.2, 0) is 4.74 Å². The summed E-state index contributed by atoms with van der Waals surface area (Å²) in [5, 5.41) is 9.81. The predicted molar refractivity (Wildman–Crippen MR) is 51.4 cm³/mol. The van der Waals surface area contributed by atoms with Crippen LogP contribution >= 0.6 is 0 Å². The first-order valence-electron chi connectivity index (χ1n) is 5.46. The summed E-state index contributed by atoms with van der Waals surface area (Å²) in [5.74, 6) is 2.14. The minimum atomic E-state index is -0.0410. The number of hydrogen-bond donors (Lipinski definition) is 1. The summed E-state index contributed by atoms with van der Waals surface area (Å²) < 4.78 is 5.13. The van der Waals surface area contributed by atoms with Gasteiger partial charge in [0.1, 0.15) is 0 Å². The molecular formula is C11H20O2. The molecule has 0 aromatic carbocycles. The van der Waals surface area contributed by atoms with Crippen molar-refractivity contribution in [3.63, 3.8) is 0 Å². The Morgan fingerprint density at radius 2 is 2.00 bits per heavy atom. The number of methoxy groups -OCH3 is 1. The molecule has 13 heavy (non-hydrogen) atoms. The average molecular weight is 184 g/mol. The van der Waals surface area contributed by atoms with Crippen molar-refractivity contribution in [1.29, 1.82) is 0 Å². The van der Waals surface area contributed by atoms with Crippen LogP contribution in [-0.4, -0.2) is 24.9 Å². The van der Waals surface area contributed by atoms with Gasteiger partial charge in [0.2, 0.25) is 0 Å². The smallest absolute Gasteiger partial charge is 0.0572 e. The quantitative estimate of drug-likeness (QED) is 0.722. The van der Waals surface area contributed by atoms with Crippen LogP contribution in [0.15, 0.2) is 0 Å². The van der Waals surface area contributed by atoms with Crippen LogP contribution in [0.5, 0.6) is 0 Å². The molecule has 0 aromatic heterocycles. The molecule has 2 aliphatic carbocycles. The third-order valence-electron chi connectivity index (χ3n) is 3.49. The van der Waals surface area contributed by atoms with E-state index in [2.05, 4.69) is 0 Å². The fourth-order valence-corrected chi connectivity index (χ4v) is 2.62. The van der Waals surface area contributed by atoms with Crippen LogP contribution in [0.4, 0.5) is 0 Å². The highest BCUT2D eigenvalue weighted by Gasteiger charge is 2.36. The van der Waals surface area contributed by atoms with Crippen molar-refractivity contribution < 1.29 is 9.84 Å². The highest BCUT2D eigenvalue weighted by molar-refractivity contribution is 4.87. The molecule has 2 saturated carbocycles. The van der Waals surface area contributed by atoms with Gasteiger partial charge in [0, 0.05) is 13.7 Å². The molecule has 0 saturated heterocycles. The SMILES string of the molecule is COCC1CC(O)C(CC2CC2)C1. The van der Waals surface area contributed by atoms with Crippen LogP contribution in [0.1, 0.15) is 32.1 Å². The lowest BCUT2D eigenvalue weighted by atomic mass is 9.98. The zero-order valence-electron chi connectivity index (χ0n) is 8.41. The summed E-state index contributed by atoms with van der Waals surface area (Å²) in [5.41, 5.74) is 0. The lowest BCUT2D eigenvalue weighted by Crippen LogP contribution is -2.13. The van der Waals surface area contributed by atoms with Crippen molar-refractivity contribution in [3.8, 4) is 0 Å². The van der Waals surface area contributed by atoms with Gasteiger partial charge in [0.15, 0.2) is 0 Å². The van der Waals surface area contributed by atoms with Crippen LogP contribution in [0.3, 0.4) is 0 Å². The van der Waals surface area contributed by atoms with Crippen molar-refractivity contribution >= 4 is 0 Å². The standard InChI is InChI=1S/C11H20O2/c1-13-7-9-5-10(11(12)6-9)4-8-2-3-8/h8-12H,2-7H2,1H3. The lowest BCUT2D eigenvalue weighted by molar-refractivity contribution is 0.117. The largest absolute Gasteiger partial charge is 0.393 e. The molecule has 0 spiro atoms. The Labute approximate surface area is 80.3 Å². The van der Waals surface area contributed by atoms with E-state index in [1.54, 1.807) is 7.11 Å². The number of hydrogen-bond acceptors (Lipinski definition) is 2. The van der Waals surface area contributed by atoms with Gasteiger partial charge in [-0.05, 0) is 37.0 Å². The van der Waals surface area contributed by atoms with E-state index in [0.717, 1.165) is 18.9 Å². The normalized spacial score (nSPS) is 39.7. The second kappa shape index (κ2) is 3.97. The highest BCUT2D eigenvalue weighted by Crippen LogP contribution is 2.42. The summed E-state index contributed by atoms with van der Waals surface area (Å²) >= 11 is 0. The van der Waals surface area contributed by atoms with Crippen molar-refractivity contribution in [2.24, 2.45) is 17.8 Å². The lowest BCUT2D eigenvalue weighted by Gasteiger charge is -2.12. The maximum Gasteiger partial charge on any atom is 0.0572 e. The predicted octanol–water partition coefficient (Wildman–Crippen LogP) is 1.82. The van der Waals surface area contributed by atoms with Gasteiger partial charge in [0.25, 0.3) is 0 Å². The van der Waals surface area contributed by atoms with Crippen molar-refractivity contribution in [3.05, 3.63) is 0 Å². The maximum atomic E-state index is 9.81. The second-order valence-corrected chi connectivity index (χ2v) is 4.80. The third-order valence-corrected chi connectivity index (χ3v) is 3.49. The Morgan fingerprint density at radius 3 is 2.62 bits per heavy atom. The van der Waals surface area contributed by atoms with Crippen LogP contribution in [0.2, 0.25) is 0 Å². The molecule has 0 amide bonds. The molecular weight excluding hydrogens is 164 g/mol. The first kappa shape index (κ1) is 9.47. The fourth-order valence-electron chi connectivity index (χ4n) is 2.62. The van der Waals surface area contributed by atoms with Crippen molar-refractivity contribution in [2.45, 2.75) is 38.2 Å². The van der Waals surface area contributed by atoms with Gasteiger partial charge in [-0.25, -0.2) is 0 Å². The van der Waals surface area contributed by atoms with E-state index in [9.17, 15) is 5.11 Å². The maximum absolute atomic E-state index is 9.81. The summed E-state index contributed by atoms with van der Waals surface area (Å²) in [7, 11) is 1.75. The van der Waals surface area contributed by atoms with E-state index in [-0.39, 0.29) is 6.10 Å². The Morgan fingerprint density at radius 1 is 1.23 bits per heavy atom. The number of aliphatic hydroxyl groups is 1. The molecule has 2 rings (SSSR count). The van der Waals surface area contributed by atoms with Crippen molar-refractivity contribution in [1.82, 2.24) is 0 Å². The van der Waals surface area contributed by atoms with Gasteiger partial charge in [-0.1, -0.05) is 12.8 Å². The van der Waals surface area contributed by atoms with E-state index in [1.165, 1.54) is 25.7 Å². The molecule has 3 atom stereocenters. The molecule has 0 aliphatic heterocycles. The number of aliphatic hydroxyl groups excluding tert-OH is 1. The van der Waals surface area contributed by atoms with E-state index in [0.29, 0.717) is 11.8 Å². The minimum Gasteiger partial charge on any atom is -0.393 e. The molecule has 0 radical (unpaired) electrons. The zero-order valence-corrected chi connectivity index (χ0v) is 8.41. The van der Waals surface area contributed by atoms with E-state index in [1.807, 2.05) is 0 Å². The summed E-state index contributed by atoms with van der Waals surface area (Å²) in [6, 6.07) is 0. The summed E-state index contributed by atoms with van der Waals surface area (Å²) in [6.45, 7) is 0.832. The Kier molecular flexibility index (Phi) is 2.89. The molecule has 2 fully saturated rings. The third kappa shape index (κ3) is 2.44. The molecule has 3 unspecified atom stereocenters. The minimum absolute atomic E-state index is 0.0410. The summed E-state index contributed by atoms with van der Waals surface area (Å²) in [6.07, 6.45) is 6.18. The molecule has 0 heterocycles. The van der Waals surface area contributed by atoms with Gasteiger partial charge in [-0.3, -0.25) is 0 Å². The van der Waals surface area contributed by atoms with Gasteiger partial charge in [-0.2, -0.15) is 0 Å². The van der Waals surface area contributed by atoms with Gasteiger partial charge in [0.05, 0.1) is 6.10 Å². The van der Waals surface area contributed by atoms with Gasteiger partial charge in [-0.15, -0.1) is 0 Å². The van der Waals surface area contributed by atoms with Crippen LogP contribution < -0.4 is 0 Å². The fraction of sp³-hybridized carbons (Fsp3) is 1.00. The van der Waals surface area contributed by atoms with Gasteiger partial charge >= 0.3 is 0 Å². The Bertz CT molecular complexity index is 165. The molecule has 2 heteroatoms. The molecule has 0 bridgehead atoms. The molecule has 1 N–H and O–H groups in total. The topological polar surface area (TPSA) is 29.5 Å². The molecule has 2 nitrogen and oxygen atoms in total. The van der Waals surface area contributed by atoms with Crippen LogP contribution in [0, 0.1) is 17.8 Å². The molecule has 2 aliphatic rings. The Hall–Kier alpha value is -0.0800. The van der Waals surface area contributed by atoms with E-state index < -0.39 is 0 Å². The second-order valence-electron chi connectivity index (χ2n) is 4.80.